The molecule has 2 rings (SSSR count). The number of anilines is 2. The monoisotopic (exact) mass is 262 g/mol. The van der Waals surface area contributed by atoms with Crippen molar-refractivity contribution in [1.82, 2.24) is 4.90 Å². The first-order chi connectivity index (χ1) is 9.13. The van der Waals surface area contributed by atoms with Crippen molar-refractivity contribution >= 4 is 17.3 Å². The van der Waals surface area contributed by atoms with Crippen LogP contribution in [0.4, 0.5) is 11.4 Å². The van der Waals surface area contributed by atoms with Crippen molar-refractivity contribution in [2.75, 3.05) is 36.8 Å². The minimum Gasteiger partial charge on any atom is -0.397 e. The molecule has 1 atom stereocenters. The molecule has 1 unspecified atom stereocenters. The summed E-state index contributed by atoms with van der Waals surface area (Å²) in [6.07, 6.45) is 0.767. The fourth-order valence-corrected chi connectivity index (χ4v) is 2.69. The van der Waals surface area contributed by atoms with Gasteiger partial charge < -0.3 is 16.4 Å². The second kappa shape index (κ2) is 5.93. The first-order valence-electron chi connectivity index (χ1n) is 6.76. The number of nitrogens with zero attached hydrogens (tertiary/aromatic N) is 2. The molecule has 1 aromatic rings. The number of carbonyl (C=O) groups excluding carboxylic acids is 1. The van der Waals surface area contributed by atoms with Crippen LogP contribution in [0.5, 0.6) is 0 Å². The third-order valence-electron chi connectivity index (χ3n) is 3.75. The van der Waals surface area contributed by atoms with Crippen molar-refractivity contribution in [3.05, 3.63) is 24.3 Å². The standard InChI is InChI=1S/C14H22N4O/c1-2-12(14(16)19)17-7-9-18(10-8-17)13-6-4-3-5-11(13)15/h3-6,12H,2,7-10,15H2,1H3,(H2,16,19). The Bertz CT molecular complexity index is 441. The van der Waals surface area contributed by atoms with Crippen molar-refractivity contribution in [1.29, 1.82) is 0 Å². The maximum atomic E-state index is 11.4. The van der Waals surface area contributed by atoms with Crippen molar-refractivity contribution in [2.45, 2.75) is 19.4 Å². The zero-order valence-electron chi connectivity index (χ0n) is 11.4. The highest BCUT2D eigenvalue weighted by Crippen LogP contribution is 2.24. The largest absolute Gasteiger partial charge is 0.397 e. The smallest absolute Gasteiger partial charge is 0.234 e. The molecule has 4 N–H and O–H groups in total. The lowest BCUT2D eigenvalue weighted by molar-refractivity contribution is -0.123. The number of para-hydroxylation sites is 2. The van der Waals surface area contributed by atoms with Gasteiger partial charge in [0.1, 0.15) is 0 Å². The Morgan fingerprint density at radius 3 is 2.42 bits per heavy atom. The van der Waals surface area contributed by atoms with Gasteiger partial charge in [0.05, 0.1) is 17.4 Å². The van der Waals surface area contributed by atoms with Gasteiger partial charge in [-0.1, -0.05) is 19.1 Å². The van der Waals surface area contributed by atoms with Gasteiger partial charge in [-0.05, 0) is 18.6 Å². The average Bonchev–Trinajstić information content (AvgIpc) is 2.41. The number of benzene rings is 1. The molecular weight excluding hydrogens is 240 g/mol. The Balaban J connectivity index is 2.00. The molecule has 0 bridgehead atoms. The van der Waals surface area contributed by atoms with Crippen LogP contribution in [0.25, 0.3) is 0 Å². The predicted octanol–water partition coefficient (Wildman–Crippen LogP) is 0.655. The molecule has 0 saturated carbocycles. The molecule has 19 heavy (non-hydrogen) atoms. The Hall–Kier alpha value is -1.75. The number of piperazine rings is 1. The maximum Gasteiger partial charge on any atom is 0.234 e. The van der Waals surface area contributed by atoms with E-state index >= 15 is 0 Å². The molecule has 104 valence electrons. The van der Waals surface area contributed by atoms with Gasteiger partial charge in [0.15, 0.2) is 0 Å². The van der Waals surface area contributed by atoms with E-state index in [9.17, 15) is 4.79 Å². The highest BCUT2D eigenvalue weighted by atomic mass is 16.1. The van der Waals surface area contributed by atoms with Crippen LogP contribution in [0.1, 0.15) is 13.3 Å². The molecule has 1 aromatic carbocycles. The normalized spacial score (nSPS) is 18.3. The van der Waals surface area contributed by atoms with E-state index in [4.69, 9.17) is 11.5 Å². The van der Waals surface area contributed by atoms with E-state index in [2.05, 4.69) is 9.80 Å². The molecule has 5 heteroatoms. The number of hydrogen-bond donors (Lipinski definition) is 2. The maximum absolute atomic E-state index is 11.4. The second-order valence-electron chi connectivity index (χ2n) is 4.91. The van der Waals surface area contributed by atoms with E-state index in [1.54, 1.807) is 0 Å². The number of rotatable bonds is 4. The van der Waals surface area contributed by atoms with E-state index in [0.717, 1.165) is 44.0 Å². The summed E-state index contributed by atoms with van der Waals surface area (Å²) in [6.45, 7) is 5.43. The number of nitrogen functional groups attached to an aromatic ring is 1. The van der Waals surface area contributed by atoms with Crippen molar-refractivity contribution < 1.29 is 4.79 Å². The highest BCUT2D eigenvalue weighted by molar-refractivity contribution is 5.79. The summed E-state index contributed by atoms with van der Waals surface area (Å²) in [5.74, 6) is -0.227. The number of amides is 1. The first kappa shape index (κ1) is 13.7. The van der Waals surface area contributed by atoms with Crippen LogP contribution in [0.3, 0.4) is 0 Å². The first-order valence-corrected chi connectivity index (χ1v) is 6.76. The van der Waals surface area contributed by atoms with Gasteiger partial charge >= 0.3 is 0 Å². The van der Waals surface area contributed by atoms with Gasteiger partial charge in [-0.2, -0.15) is 0 Å². The van der Waals surface area contributed by atoms with Gasteiger partial charge in [0, 0.05) is 26.2 Å². The molecule has 1 saturated heterocycles. The molecule has 0 aromatic heterocycles. The molecule has 0 radical (unpaired) electrons. The quantitative estimate of drug-likeness (QED) is 0.781. The zero-order chi connectivity index (χ0) is 13.8. The van der Waals surface area contributed by atoms with Gasteiger partial charge in [-0.3, -0.25) is 9.69 Å². The van der Waals surface area contributed by atoms with Gasteiger partial charge in [0.2, 0.25) is 5.91 Å². The third kappa shape index (κ3) is 2.98. The van der Waals surface area contributed by atoms with Gasteiger partial charge in [-0.15, -0.1) is 0 Å². The summed E-state index contributed by atoms with van der Waals surface area (Å²) in [6, 6.07) is 7.75. The van der Waals surface area contributed by atoms with Crippen LogP contribution < -0.4 is 16.4 Å². The van der Waals surface area contributed by atoms with E-state index in [1.165, 1.54) is 0 Å². The van der Waals surface area contributed by atoms with Crippen LogP contribution in [-0.2, 0) is 4.79 Å². The fraction of sp³-hybridized carbons (Fsp3) is 0.500. The molecular formula is C14H22N4O. The number of nitrogens with two attached hydrogens (primary N) is 2. The summed E-state index contributed by atoms with van der Waals surface area (Å²) in [7, 11) is 0. The Kier molecular flexibility index (Phi) is 4.27. The van der Waals surface area contributed by atoms with Gasteiger partial charge in [-0.25, -0.2) is 0 Å². The topological polar surface area (TPSA) is 75.6 Å². The Morgan fingerprint density at radius 1 is 1.26 bits per heavy atom. The fourth-order valence-electron chi connectivity index (χ4n) is 2.69. The summed E-state index contributed by atoms with van der Waals surface area (Å²) < 4.78 is 0. The predicted molar refractivity (Wildman–Crippen MR) is 77.9 cm³/mol. The van der Waals surface area contributed by atoms with E-state index in [1.807, 2.05) is 31.2 Å². The molecule has 1 amide bonds. The number of primary amides is 1. The lowest BCUT2D eigenvalue weighted by Crippen LogP contribution is -2.54. The van der Waals surface area contributed by atoms with E-state index in [0.29, 0.717) is 0 Å². The lowest BCUT2D eigenvalue weighted by atomic mass is 10.1. The minimum absolute atomic E-state index is 0.143. The SMILES string of the molecule is CCC(C(N)=O)N1CCN(c2ccccc2N)CC1. The van der Waals surface area contributed by atoms with E-state index in [-0.39, 0.29) is 11.9 Å². The minimum atomic E-state index is -0.227. The summed E-state index contributed by atoms with van der Waals surface area (Å²) in [4.78, 5) is 15.8. The second-order valence-corrected chi connectivity index (χ2v) is 4.91. The average molecular weight is 262 g/mol. The number of carbonyl (C=O) groups is 1. The molecule has 1 aliphatic rings. The number of hydrogen-bond acceptors (Lipinski definition) is 4. The lowest BCUT2D eigenvalue weighted by Gasteiger charge is -2.39. The van der Waals surface area contributed by atoms with Crippen LogP contribution in [0.2, 0.25) is 0 Å². The summed E-state index contributed by atoms with van der Waals surface area (Å²) in [5.41, 5.74) is 13.3. The molecule has 0 aliphatic carbocycles. The van der Waals surface area contributed by atoms with Gasteiger partial charge in [0.25, 0.3) is 0 Å². The molecule has 1 fully saturated rings. The molecule has 1 heterocycles. The van der Waals surface area contributed by atoms with Crippen molar-refractivity contribution in [3.63, 3.8) is 0 Å². The van der Waals surface area contributed by atoms with Crippen molar-refractivity contribution in [2.24, 2.45) is 5.73 Å². The van der Waals surface area contributed by atoms with Crippen molar-refractivity contribution in [3.8, 4) is 0 Å². The van der Waals surface area contributed by atoms with E-state index < -0.39 is 0 Å². The van der Waals surface area contributed by atoms with Crippen LogP contribution in [0, 0.1) is 0 Å². The highest BCUT2D eigenvalue weighted by Gasteiger charge is 2.26. The van der Waals surface area contributed by atoms with Crippen LogP contribution >= 0.6 is 0 Å². The summed E-state index contributed by atoms with van der Waals surface area (Å²) >= 11 is 0. The van der Waals surface area contributed by atoms with Crippen LogP contribution in [0.15, 0.2) is 24.3 Å². The molecule has 5 nitrogen and oxygen atoms in total. The summed E-state index contributed by atoms with van der Waals surface area (Å²) in [5, 5.41) is 0. The molecule has 1 aliphatic heterocycles. The zero-order valence-corrected chi connectivity index (χ0v) is 11.4. The Morgan fingerprint density at radius 2 is 1.89 bits per heavy atom. The molecule has 0 spiro atoms. The Labute approximate surface area is 114 Å². The third-order valence-corrected chi connectivity index (χ3v) is 3.75. The van der Waals surface area contributed by atoms with Crippen LogP contribution in [-0.4, -0.2) is 43.0 Å².